The van der Waals surface area contributed by atoms with Crippen LogP contribution >= 0.6 is 11.6 Å². The molecular formula is C12H16ClN3O. The highest BCUT2D eigenvalue weighted by molar-refractivity contribution is 6.31. The van der Waals surface area contributed by atoms with Gasteiger partial charge in [0, 0.05) is 31.2 Å². The summed E-state index contributed by atoms with van der Waals surface area (Å²) >= 11 is 6.04. The minimum Gasteiger partial charge on any atom is -0.339 e. The normalized spacial score (nSPS) is 17.9. The van der Waals surface area contributed by atoms with Gasteiger partial charge in [0.25, 0.3) is 0 Å². The van der Waals surface area contributed by atoms with E-state index < -0.39 is 6.04 Å². The molecule has 0 bridgehead atoms. The molecule has 1 aliphatic rings. The number of carbonyl (C=O) groups is 1. The Labute approximate surface area is 106 Å². The summed E-state index contributed by atoms with van der Waals surface area (Å²) in [6, 6.07) is 6.55. The van der Waals surface area contributed by atoms with Gasteiger partial charge < -0.3 is 16.0 Å². The minimum absolute atomic E-state index is 0.0559. The van der Waals surface area contributed by atoms with Gasteiger partial charge >= 0.3 is 0 Å². The van der Waals surface area contributed by atoms with Gasteiger partial charge in [0.1, 0.15) is 6.04 Å². The molecular weight excluding hydrogens is 238 g/mol. The number of nitrogens with one attached hydrogen (secondary N) is 1. The number of hydrogen-bond donors (Lipinski definition) is 2. The van der Waals surface area contributed by atoms with Gasteiger partial charge in [0.2, 0.25) is 5.91 Å². The third kappa shape index (κ3) is 2.77. The number of carbonyl (C=O) groups excluding carboxylic acids is 1. The van der Waals surface area contributed by atoms with Gasteiger partial charge in [-0.25, -0.2) is 0 Å². The van der Waals surface area contributed by atoms with E-state index in [0.717, 1.165) is 13.1 Å². The van der Waals surface area contributed by atoms with Crippen LogP contribution in [0.5, 0.6) is 0 Å². The first kappa shape index (κ1) is 12.4. The summed E-state index contributed by atoms with van der Waals surface area (Å²) in [5, 5.41) is 3.74. The molecule has 4 nitrogen and oxygen atoms in total. The molecule has 0 spiro atoms. The number of benzene rings is 1. The molecule has 2 rings (SSSR count). The monoisotopic (exact) mass is 253 g/mol. The Morgan fingerprint density at radius 1 is 1.35 bits per heavy atom. The zero-order valence-corrected chi connectivity index (χ0v) is 10.3. The van der Waals surface area contributed by atoms with Gasteiger partial charge in [-0.15, -0.1) is 0 Å². The molecule has 17 heavy (non-hydrogen) atoms. The van der Waals surface area contributed by atoms with E-state index in [1.807, 2.05) is 12.1 Å². The van der Waals surface area contributed by atoms with Gasteiger partial charge in [-0.05, 0) is 11.6 Å². The van der Waals surface area contributed by atoms with Crippen molar-refractivity contribution in [3.63, 3.8) is 0 Å². The fraction of sp³-hybridized carbons (Fsp3) is 0.417. The average molecular weight is 254 g/mol. The van der Waals surface area contributed by atoms with Gasteiger partial charge in [-0.3, -0.25) is 4.79 Å². The van der Waals surface area contributed by atoms with Crippen molar-refractivity contribution in [2.45, 2.75) is 6.04 Å². The lowest BCUT2D eigenvalue weighted by atomic mass is 10.1. The first-order valence-electron chi connectivity index (χ1n) is 5.69. The molecule has 0 aliphatic carbocycles. The minimum atomic E-state index is -0.665. The van der Waals surface area contributed by atoms with Crippen LogP contribution in [0.15, 0.2) is 24.3 Å². The maximum atomic E-state index is 12.2. The van der Waals surface area contributed by atoms with E-state index in [4.69, 9.17) is 17.3 Å². The summed E-state index contributed by atoms with van der Waals surface area (Å²) in [7, 11) is 0. The Bertz CT molecular complexity index is 404. The molecule has 1 aromatic rings. The van der Waals surface area contributed by atoms with E-state index in [2.05, 4.69) is 5.32 Å². The maximum Gasteiger partial charge on any atom is 0.244 e. The first-order valence-corrected chi connectivity index (χ1v) is 6.07. The highest BCUT2D eigenvalue weighted by Gasteiger charge is 2.24. The van der Waals surface area contributed by atoms with Crippen LogP contribution in [-0.2, 0) is 4.79 Å². The number of nitrogens with zero attached hydrogens (tertiary/aromatic N) is 1. The molecule has 1 amide bonds. The standard InChI is InChI=1S/C12H16ClN3O/c13-10-4-2-1-3-9(10)11(14)12(17)16-7-5-15-6-8-16/h1-4,11,15H,5-8,14H2. The molecule has 5 heteroatoms. The number of hydrogen-bond acceptors (Lipinski definition) is 3. The third-order valence-electron chi connectivity index (χ3n) is 2.94. The van der Waals surface area contributed by atoms with Crippen molar-refractivity contribution in [2.24, 2.45) is 5.73 Å². The molecule has 1 aliphatic heterocycles. The van der Waals surface area contributed by atoms with Crippen molar-refractivity contribution in [2.75, 3.05) is 26.2 Å². The van der Waals surface area contributed by atoms with Crippen LogP contribution in [0.4, 0.5) is 0 Å². The largest absolute Gasteiger partial charge is 0.339 e. The van der Waals surface area contributed by atoms with Crippen molar-refractivity contribution in [3.8, 4) is 0 Å². The highest BCUT2D eigenvalue weighted by Crippen LogP contribution is 2.22. The van der Waals surface area contributed by atoms with Gasteiger partial charge in [-0.1, -0.05) is 29.8 Å². The Morgan fingerprint density at radius 2 is 2.00 bits per heavy atom. The molecule has 0 aromatic heterocycles. The number of halogens is 1. The Hall–Kier alpha value is -1.10. The van der Waals surface area contributed by atoms with Gasteiger partial charge in [0.15, 0.2) is 0 Å². The van der Waals surface area contributed by atoms with Crippen LogP contribution in [0.25, 0.3) is 0 Å². The van der Waals surface area contributed by atoms with Crippen LogP contribution in [0.2, 0.25) is 5.02 Å². The summed E-state index contributed by atoms with van der Waals surface area (Å²) in [5.74, 6) is -0.0559. The van der Waals surface area contributed by atoms with Crippen molar-refractivity contribution in [1.29, 1.82) is 0 Å². The molecule has 1 saturated heterocycles. The Morgan fingerprint density at radius 3 is 2.65 bits per heavy atom. The number of rotatable bonds is 2. The molecule has 3 N–H and O–H groups in total. The topological polar surface area (TPSA) is 58.4 Å². The lowest BCUT2D eigenvalue weighted by Crippen LogP contribution is -2.49. The summed E-state index contributed by atoms with van der Waals surface area (Å²) in [6.45, 7) is 3.05. The lowest BCUT2D eigenvalue weighted by Gasteiger charge is -2.30. The van der Waals surface area contributed by atoms with Crippen molar-refractivity contribution < 1.29 is 4.79 Å². The highest BCUT2D eigenvalue weighted by atomic mass is 35.5. The summed E-state index contributed by atoms with van der Waals surface area (Å²) in [4.78, 5) is 13.9. The lowest BCUT2D eigenvalue weighted by molar-refractivity contribution is -0.133. The fourth-order valence-corrected chi connectivity index (χ4v) is 2.20. The quantitative estimate of drug-likeness (QED) is 0.819. The Balaban J connectivity index is 2.11. The number of piperazine rings is 1. The van der Waals surface area contributed by atoms with E-state index >= 15 is 0 Å². The maximum absolute atomic E-state index is 12.2. The number of nitrogens with two attached hydrogens (primary N) is 1. The SMILES string of the molecule is NC(C(=O)N1CCNCC1)c1ccccc1Cl. The molecule has 92 valence electrons. The van der Waals surface area contributed by atoms with Gasteiger partial charge in [-0.2, -0.15) is 0 Å². The summed E-state index contributed by atoms with van der Waals surface area (Å²) in [5.41, 5.74) is 6.67. The van der Waals surface area contributed by atoms with Crippen LogP contribution in [0, 0.1) is 0 Å². The fourth-order valence-electron chi connectivity index (χ4n) is 1.94. The second-order valence-electron chi connectivity index (χ2n) is 4.07. The zero-order valence-electron chi connectivity index (χ0n) is 9.53. The average Bonchev–Trinajstić information content (AvgIpc) is 2.39. The zero-order chi connectivity index (χ0) is 12.3. The van der Waals surface area contributed by atoms with Crippen molar-refractivity contribution in [1.82, 2.24) is 10.2 Å². The van der Waals surface area contributed by atoms with Crippen molar-refractivity contribution in [3.05, 3.63) is 34.9 Å². The molecule has 0 saturated carbocycles. The van der Waals surface area contributed by atoms with Gasteiger partial charge in [0.05, 0.1) is 0 Å². The molecule has 1 heterocycles. The van der Waals surface area contributed by atoms with E-state index in [0.29, 0.717) is 23.7 Å². The molecule has 1 unspecified atom stereocenters. The Kier molecular flexibility index (Phi) is 3.99. The smallest absolute Gasteiger partial charge is 0.244 e. The predicted octanol–water partition coefficient (Wildman–Crippen LogP) is 0.772. The second kappa shape index (κ2) is 5.49. The first-order chi connectivity index (χ1) is 8.20. The summed E-state index contributed by atoms with van der Waals surface area (Å²) < 4.78 is 0. The summed E-state index contributed by atoms with van der Waals surface area (Å²) in [6.07, 6.45) is 0. The third-order valence-corrected chi connectivity index (χ3v) is 3.28. The van der Waals surface area contributed by atoms with Crippen molar-refractivity contribution >= 4 is 17.5 Å². The van der Waals surface area contributed by atoms with Crippen LogP contribution in [0.1, 0.15) is 11.6 Å². The van der Waals surface area contributed by atoms with Crippen LogP contribution in [0.3, 0.4) is 0 Å². The van der Waals surface area contributed by atoms with E-state index in [1.54, 1.807) is 17.0 Å². The van der Waals surface area contributed by atoms with E-state index in [1.165, 1.54) is 0 Å². The van der Waals surface area contributed by atoms with E-state index in [9.17, 15) is 4.79 Å². The molecule has 1 atom stereocenters. The molecule has 1 aromatic carbocycles. The number of amides is 1. The predicted molar refractivity (Wildman–Crippen MR) is 67.8 cm³/mol. The van der Waals surface area contributed by atoms with Crippen LogP contribution < -0.4 is 11.1 Å². The second-order valence-corrected chi connectivity index (χ2v) is 4.48. The van der Waals surface area contributed by atoms with Crippen LogP contribution in [-0.4, -0.2) is 37.0 Å². The molecule has 0 radical (unpaired) electrons. The molecule has 1 fully saturated rings. The van der Waals surface area contributed by atoms with E-state index in [-0.39, 0.29) is 5.91 Å².